The highest BCUT2D eigenvalue weighted by Crippen LogP contribution is 2.41. The zero-order valence-corrected chi connectivity index (χ0v) is 20.7. The molecule has 2 bridgehead atoms. The molecule has 0 spiro atoms. The molecule has 182 valence electrons. The van der Waals surface area contributed by atoms with E-state index in [1.165, 1.54) is 23.2 Å². The van der Waals surface area contributed by atoms with Crippen LogP contribution in [0.1, 0.15) is 48.8 Å². The lowest BCUT2D eigenvalue weighted by Gasteiger charge is -2.37. The van der Waals surface area contributed by atoms with E-state index >= 15 is 0 Å². The number of rotatable bonds is 9. The molecule has 5 rings (SSSR count). The molecule has 2 aliphatic heterocycles. The number of aliphatic carboxylic acids is 1. The maximum atomic E-state index is 11.4. The lowest BCUT2D eigenvalue weighted by Crippen LogP contribution is -2.46. The van der Waals surface area contributed by atoms with Crippen molar-refractivity contribution in [3.8, 4) is 0 Å². The number of carbonyl (C=O) groups is 1. The summed E-state index contributed by atoms with van der Waals surface area (Å²) < 4.78 is 0. The van der Waals surface area contributed by atoms with Gasteiger partial charge in [-0.05, 0) is 61.1 Å². The summed E-state index contributed by atoms with van der Waals surface area (Å²) in [4.78, 5) is 16.6. The molecule has 2 fully saturated rings. The van der Waals surface area contributed by atoms with Gasteiger partial charge in [0, 0.05) is 37.4 Å². The molecule has 0 amide bonds. The summed E-state index contributed by atoms with van der Waals surface area (Å²) in [5, 5.41) is 13.1. The molecule has 2 heterocycles. The number of nitrogens with zero attached hydrogens (tertiary/aromatic N) is 2. The first-order valence-corrected chi connectivity index (χ1v) is 12.7. The van der Waals surface area contributed by atoms with Gasteiger partial charge in [-0.1, -0.05) is 61.0 Å². The second-order valence-electron chi connectivity index (χ2n) is 10.1. The highest BCUT2D eigenvalue weighted by molar-refractivity contribution is 5.77. The second-order valence-corrected chi connectivity index (χ2v) is 10.1. The largest absolute Gasteiger partial charge is 0.481 e. The highest BCUT2D eigenvalue weighted by Gasteiger charge is 2.43. The number of aryl methyl sites for hydroxylation is 1. The van der Waals surface area contributed by atoms with E-state index in [0.717, 1.165) is 43.0 Å². The number of hydrogen-bond acceptors (Lipinski definition) is 4. The molecular formula is C30H35N3O2. The van der Waals surface area contributed by atoms with Crippen LogP contribution in [-0.2, 0) is 11.3 Å². The van der Waals surface area contributed by atoms with E-state index in [1.54, 1.807) is 0 Å². The van der Waals surface area contributed by atoms with Crippen LogP contribution in [0.25, 0.3) is 0 Å². The Morgan fingerprint density at radius 2 is 1.80 bits per heavy atom. The van der Waals surface area contributed by atoms with Gasteiger partial charge in [-0.15, -0.1) is 0 Å². The Kier molecular flexibility index (Phi) is 6.78. The fraction of sp³-hybridized carbons (Fsp3) is 0.367. The summed E-state index contributed by atoms with van der Waals surface area (Å²) in [5.74, 6) is -0.735. The summed E-state index contributed by atoms with van der Waals surface area (Å²) in [5.41, 5.74) is 7.02. The van der Waals surface area contributed by atoms with Crippen molar-refractivity contribution in [2.45, 2.75) is 57.7 Å². The molecule has 5 nitrogen and oxygen atoms in total. The van der Waals surface area contributed by atoms with Crippen LogP contribution < -0.4 is 10.2 Å². The third kappa shape index (κ3) is 5.20. The van der Waals surface area contributed by atoms with Crippen molar-refractivity contribution in [1.82, 2.24) is 4.90 Å². The van der Waals surface area contributed by atoms with E-state index in [-0.39, 0.29) is 12.3 Å². The van der Waals surface area contributed by atoms with Crippen LogP contribution >= 0.6 is 0 Å². The van der Waals surface area contributed by atoms with Crippen molar-refractivity contribution < 1.29 is 9.90 Å². The van der Waals surface area contributed by atoms with Gasteiger partial charge in [0.2, 0.25) is 0 Å². The van der Waals surface area contributed by atoms with Crippen molar-refractivity contribution in [1.29, 1.82) is 0 Å². The van der Waals surface area contributed by atoms with E-state index < -0.39 is 5.97 Å². The van der Waals surface area contributed by atoms with E-state index in [9.17, 15) is 9.90 Å². The van der Waals surface area contributed by atoms with Gasteiger partial charge in [0.1, 0.15) is 0 Å². The molecule has 35 heavy (non-hydrogen) atoms. The van der Waals surface area contributed by atoms with Crippen LogP contribution in [0, 0.1) is 6.92 Å². The Morgan fingerprint density at radius 3 is 2.46 bits per heavy atom. The van der Waals surface area contributed by atoms with Crippen LogP contribution in [0.4, 0.5) is 17.1 Å². The van der Waals surface area contributed by atoms with Gasteiger partial charge in [0.05, 0.1) is 17.8 Å². The minimum atomic E-state index is -0.746. The topological polar surface area (TPSA) is 55.8 Å². The molecule has 5 heteroatoms. The Morgan fingerprint density at radius 1 is 1.03 bits per heavy atom. The van der Waals surface area contributed by atoms with Crippen LogP contribution in [0.15, 0.2) is 72.8 Å². The Hall–Kier alpha value is -3.31. The molecule has 0 aliphatic carbocycles. The number of piperazine rings is 1. The molecule has 2 N–H and O–H groups in total. The van der Waals surface area contributed by atoms with Gasteiger partial charge in [0.15, 0.2) is 0 Å². The zero-order valence-electron chi connectivity index (χ0n) is 20.7. The highest BCUT2D eigenvalue weighted by atomic mass is 16.4. The fourth-order valence-corrected chi connectivity index (χ4v) is 5.72. The normalized spacial score (nSPS) is 20.2. The number of fused-ring (bicyclic) bond motifs is 2. The maximum absolute atomic E-state index is 11.4. The SMILES string of the molecule is CCC(CC(=O)O)c1ccc(N2C[C@@H]3C[C@H]2CN3Cc2ccccc2)c(Nc2ccc(C)cc2)c1. The number of benzene rings is 3. The molecule has 2 saturated heterocycles. The Balaban J connectivity index is 1.40. The first-order chi connectivity index (χ1) is 17.0. The molecule has 1 unspecified atom stereocenters. The second kappa shape index (κ2) is 10.1. The standard InChI is InChI=1S/C30H35N3O2/c1-3-23(16-30(34)35)24-11-14-29(28(15-24)31-25-12-9-21(2)10-13-25)33-20-26-17-27(33)19-32(26)18-22-7-5-4-6-8-22/h4-15,23,26-27,31H,3,16-20H2,1-2H3,(H,34,35)/t23?,26-,27-/m0/s1. The minimum absolute atomic E-state index is 0.0107. The smallest absolute Gasteiger partial charge is 0.303 e. The molecule has 0 radical (unpaired) electrons. The predicted molar refractivity (Wildman–Crippen MR) is 143 cm³/mol. The maximum Gasteiger partial charge on any atom is 0.303 e. The average Bonchev–Trinajstić information content (AvgIpc) is 3.45. The van der Waals surface area contributed by atoms with Crippen molar-refractivity contribution >= 4 is 23.0 Å². The fourth-order valence-electron chi connectivity index (χ4n) is 5.72. The number of likely N-dealkylation sites (tertiary alicyclic amines) is 1. The third-order valence-electron chi connectivity index (χ3n) is 7.63. The lowest BCUT2D eigenvalue weighted by atomic mass is 9.92. The van der Waals surface area contributed by atoms with Crippen molar-refractivity contribution in [2.24, 2.45) is 0 Å². The van der Waals surface area contributed by atoms with Gasteiger partial charge in [-0.25, -0.2) is 0 Å². The van der Waals surface area contributed by atoms with Crippen molar-refractivity contribution in [3.05, 3.63) is 89.5 Å². The molecule has 0 saturated carbocycles. The molecular weight excluding hydrogens is 434 g/mol. The van der Waals surface area contributed by atoms with Crippen LogP contribution in [0.5, 0.6) is 0 Å². The van der Waals surface area contributed by atoms with Crippen LogP contribution in [-0.4, -0.2) is 41.1 Å². The molecule has 3 aromatic rings. The Labute approximate surface area is 208 Å². The summed E-state index contributed by atoms with van der Waals surface area (Å²) in [6, 6.07) is 26.8. The number of carboxylic acids is 1. The van der Waals surface area contributed by atoms with Crippen LogP contribution in [0.2, 0.25) is 0 Å². The zero-order chi connectivity index (χ0) is 24.4. The quantitative estimate of drug-likeness (QED) is 0.392. The summed E-state index contributed by atoms with van der Waals surface area (Å²) >= 11 is 0. The van der Waals surface area contributed by atoms with E-state index in [1.807, 2.05) is 0 Å². The van der Waals surface area contributed by atoms with Crippen molar-refractivity contribution in [2.75, 3.05) is 23.3 Å². The van der Waals surface area contributed by atoms with Crippen LogP contribution in [0.3, 0.4) is 0 Å². The van der Waals surface area contributed by atoms with E-state index in [4.69, 9.17) is 0 Å². The molecule has 2 aliphatic rings. The molecule has 0 aromatic heterocycles. The first kappa shape index (κ1) is 23.4. The van der Waals surface area contributed by atoms with Gasteiger partial charge in [-0.3, -0.25) is 9.69 Å². The van der Waals surface area contributed by atoms with E-state index in [0.29, 0.717) is 12.1 Å². The van der Waals surface area contributed by atoms with Crippen molar-refractivity contribution in [3.63, 3.8) is 0 Å². The number of nitrogens with one attached hydrogen (secondary N) is 1. The first-order valence-electron chi connectivity index (χ1n) is 12.7. The Bertz CT molecular complexity index is 1160. The lowest BCUT2D eigenvalue weighted by molar-refractivity contribution is -0.137. The average molecular weight is 470 g/mol. The van der Waals surface area contributed by atoms with Gasteiger partial charge >= 0.3 is 5.97 Å². The molecule has 3 atom stereocenters. The molecule has 3 aromatic carbocycles. The number of anilines is 3. The summed E-state index contributed by atoms with van der Waals surface area (Å²) in [6.45, 7) is 7.26. The predicted octanol–water partition coefficient (Wildman–Crippen LogP) is 6.17. The number of carboxylic acid groups (broad SMARTS) is 1. The monoisotopic (exact) mass is 469 g/mol. The van der Waals surface area contributed by atoms with Gasteiger partial charge in [-0.2, -0.15) is 0 Å². The minimum Gasteiger partial charge on any atom is -0.481 e. The van der Waals surface area contributed by atoms with Gasteiger partial charge < -0.3 is 15.3 Å². The summed E-state index contributed by atoms with van der Waals surface area (Å²) in [6.07, 6.45) is 2.15. The number of hydrogen-bond donors (Lipinski definition) is 2. The summed E-state index contributed by atoms with van der Waals surface area (Å²) in [7, 11) is 0. The van der Waals surface area contributed by atoms with E-state index in [2.05, 4.69) is 102 Å². The van der Waals surface area contributed by atoms with Gasteiger partial charge in [0.25, 0.3) is 0 Å². The third-order valence-corrected chi connectivity index (χ3v) is 7.63.